The van der Waals surface area contributed by atoms with E-state index in [1.165, 1.54) is 0 Å². The minimum Gasteiger partial charge on any atom is -0.496 e. The molecule has 1 aliphatic heterocycles. The Kier molecular flexibility index (Phi) is 6.69. The van der Waals surface area contributed by atoms with Crippen molar-refractivity contribution in [3.63, 3.8) is 0 Å². The summed E-state index contributed by atoms with van der Waals surface area (Å²) in [6, 6.07) is 7.95. The Bertz CT molecular complexity index is 910. The van der Waals surface area contributed by atoms with Crippen LogP contribution >= 0.6 is 0 Å². The number of aliphatic imine (C=N–C) groups is 1. The number of aromatic nitrogens is 1. The van der Waals surface area contributed by atoms with E-state index in [9.17, 15) is 4.79 Å². The number of pyridine rings is 1. The number of guanidine groups is 1. The van der Waals surface area contributed by atoms with Crippen molar-refractivity contribution in [2.75, 3.05) is 25.5 Å². The Balaban J connectivity index is 1.72. The summed E-state index contributed by atoms with van der Waals surface area (Å²) in [7, 11) is 1.67. The first-order valence-electron chi connectivity index (χ1n) is 9.93. The van der Waals surface area contributed by atoms with E-state index in [4.69, 9.17) is 4.74 Å². The number of para-hydroxylation sites is 1. The fourth-order valence-electron chi connectivity index (χ4n) is 3.63. The lowest BCUT2D eigenvalue weighted by Crippen LogP contribution is -2.40. The van der Waals surface area contributed by atoms with Crippen molar-refractivity contribution in [1.29, 1.82) is 0 Å². The van der Waals surface area contributed by atoms with Gasteiger partial charge >= 0.3 is 0 Å². The van der Waals surface area contributed by atoms with Gasteiger partial charge in [0, 0.05) is 48.4 Å². The fourth-order valence-corrected chi connectivity index (χ4v) is 3.63. The highest BCUT2D eigenvalue weighted by Crippen LogP contribution is 2.31. The van der Waals surface area contributed by atoms with E-state index in [1.54, 1.807) is 7.11 Å². The third-order valence-electron chi connectivity index (χ3n) is 5.10. The van der Waals surface area contributed by atoms with Crippen LogP contribution in [-0.2, 0) is 11.3 Å². The number of benzene rings is 1. The Morgan fingerprint density at radius 1 is 1.31 bits per heavy atom. The zero-order valence-corrected chi connectivity index (χ0v) is 17.5. The van der Waals surface area contributed by atoms with Gasteiger partial charge in [-0.3, -0.25) is 9.78 Å². The quantitative estimate of drug-likeness (QED) is 0.517. The number of amides is 1. The SMILES string of the molecule is CCNC(=NCc1ncc(C)c(OC)c1C)NCC1CC(=O)Nc2ccccc21. The molecule has 0 spiro atoms. The van der Waals surface area contributed by atoms with Crippen molar-refractivity contribution in [2.24, 2.45) is 4.99 Å². The van der Waals surface area contributed by atoms with Crippen LogP contribution in [0.25, 0.3) is 0 Å². The molecule has 3 N–H and O–H groups in total. The predicted molar refractivity (Wildman–Crippen MR) is 116 cm³/mol. The number of anilines is 1. The van der Waals surface area contributed by atoms with Gasteiger partial charge < -0.3 is 20.7 Å². The van der Waals surface area contributed by atoms with Crippen molar-refractivity contribution in [1.82, 2.24) is 15.6 Å². The standard InChI is InChI=1S/C22H29N5O2/c1-5-23-22(26-13-19-15(3)21(29-4)14(2)11-24-19)25-12-16-10-20(28)27-18-9-7-6-8-17(16)18/h6-9,11,16H,5,10,12-13H2,1-4H3,(H,27,28)(H2,23,25,26). The molecule has 29 heavy (non-hydrogen) atoms. The van der Waals surface area contributed by atoms with Crippen LogP contribution in [0.4, 0.5) is 5.69 Å². The summed E-state index contributed by atoms with van der Waals surface area (Å²) in [5, 5.41) is 9.59. The minimum absolute atomic E-state index is 0.0454. The van der Waals surface area contributed by atoms with Crippen molar-refractivity contribution in [3.8, 4) is 5.75 Å². The molecule has 2 heterocycles. The number of hydrogen-bond acceptors (Lipinski definition) is 4. The summed E-state index contributed by atoms with van der Waals surface area (Å²) in [4.78, 5) is 21.2. The van der Waals surface area contributed by atoms with Gasteiger partial charge in [0.25, 0.3) is 0 Å². The van der Waals surface area contributed by atoms with E-state index >= 15 is 0 Å². The molecule has 154 valence electrons. The van der Waals surface area contributed by atoms with Gasteiger partial charge in [0.05, 0.1) is 19.3 Å². The molecular formula is C22H29N5O2. The van der Waals surface area contributed by atoms with Crippen LogP contribution in [0.5, 0.6) is 5.75 Å². The summed E-state index contributed by atoms with van der Waals surface area (Å²) in [5.41, 5.74) is 4.94. The number of aryl methyl sites for hydroxylation is 1. The summed E-state index contributed by atoms with van der Waals surface area (Å²) in [6.45, 7) is 7.83. The van der Waals surface area contributed by atoms with E-state index in [0.717, 1.165) is 40.4 Å². The van der Waals surface area contributed by atoms with Gasteiger partial charge in [-0.2, -0.15) is 0 Å². The highest BCUT2D eigenvalue weighted by molar-refractivity contribution is 5.94. The lowest BCUT2D eigenvalue weighted by atomic mass is 9.90. The Labute approximate surface area is 172 Å². The fraction of sp³-hybridized carbons (Fsp3) is 0.409. The van der Waals surface area contributed by atoms with Crippen molar-refractivity contribution >= 4 is 17.6 Å². The van der Waals surface area contributed by atoms with Crippen LogP contribution in [0.3, 0.4) is 0 Å². The molecule has 7 nitrogen and oxygen atoms in total. The summed E-state index contributed by atoms with van der Waals surface area (Å²) < 4.78 is 5.48. The summed E-state index contributed by atoms with van der Waals surface area (Å²) in [6.07, 6.45) is 2.27. The average molecular weight is 396 g/mol. The minimum atomic E-state index is 0.0454. The normalized spacial score (nSPS) is 16.1. The third-order valence-corrected chi connectivity index (χ3v) is 5.10. The number of rotatable bonds is 6. The molecule has 7 heteroatoms. The van der Waals surface area contributed by atoms with Crippen LogP contribution in [-0.4, -0.2) is 37.1 Å². The zero-order valence-electron chi connectivity index (χ0n) is 17.5. The van der Waals surface area contributed by atoms with Crippen LogP contribution < -0.4 is 20.7 Å². The van der Waals surface area contributed by atoms with Crippen LogP contribution in [0.2, 0.25) is 0 Å². The van der Waals surface area contributed by atoms with E-state index in [-0.39, 0.29) is 11.8 Å². The molecule has 0 radical (unpaired) electrons. The molecule has 0 fully saturated rings. The number of ether oxygens (including phenoxy) is 1. The highest BCUT2D eigenvalue weighted by Gasteiger charge is 2.24. The first-order valence-corrected chi connectivity index (χ1v) is 9.93. The summed E-state index contributed by atoms with van der Waals surface area (Å²) >= 11 is 0. The molecule has 2 aromatic rings. The molecule has 0 aliphatic carbocycles. The number of nitrogens with one attached hydrogen (secondary N) is 3. The second-order valence-corrected chi connectivity index (χ2v) is 7.16. The number of hydrogen-bond donors (Lipinski definition) is 3. The van der Waals surface area contributed by atoms with Crippen LogP contribution in [0.1, 0.15) is 41.6 Å². The summed E-state index contributed by atoms with van der Waals surface area (Å²) in [5.74, 6) is 1.71. The van der Waals surface area contributed by atoms with Gasteiger partial charge in [0.15, 0.2) is 5.96 Å². The van der Waals surface area contributed by atoms with Crippen molar-refractivity contribution < 1.29 is 9.53 Å². The molecular weight excluding hydrogens is 366 g/mol. The molecule has 1 unspecified atom stereocenters. The first kappa shape index (κ1) is 20.6. The second-order valence-electron chi connectivity index (χ2n) is 7.16. The maximum Gasteiger partial charge on any atom is 0.225 e. The number of carbonyl (C=O) groups excluding carboxylic acids is 1. The first-order chi connectivity index (χ1) is 14.0. The molecule has 0 bridgehead atoms. The Morgan fingerprint density at radius 3 is 2.86 bits per heavy atom. The van der Waals surface area contributed by atoms with Gasteiger partial charge in [-0.05, 0) is 32.4 Å². The van der Waals surface area contributed by atoms with Crippen molar-refractivity contribution in [2.45, 2.75) is 39.7 Å². The lowest BCUT2D eigenvalue weighted by molar-refractivity contribution is -0.116. The third kappa shape index (κ3) is 4.85. The number of fused-ring (bicyclic) bond motifs is 1. The molecule has 1 atom stereocenters. The van der Waals surface area contributed by atoms with Crippen molar-refractivity contribution in [3.05, 3.63) is 52.8 Å². The number of methoxy groups -OCH3 is 1. The van der Waals surface area contributed by atoms with Gasteiger partial charge in [-0.15, -0.1) is 0 Å². The van der Waals surface area contributed by atoms with Crippen LogP contribution in [0.15, 0.2) is 35.5 Å². The molecule has 0 saturated carbocycles. The zero-order chi connectivity index (χ0) is 20.8. The Hall–Kier alpha value is -3.09. The van der Waals surface area contributed by atoms with E-state index < -0.39 is 0 Å². The predicted octanol–water partition coefficient (Wildman–Crippen LogP) is 2.89. The second kappa shape index (κ2) is 9.41. The van der Waals surface area contributed by atoms with Gasteiger partial charge in [-0.1, -0.05) is 18.2 Å². The van der Waals surface area contributed by atoms with E-state index in [2.05, 4.69) is 32.0 Å². The van der Waals surface area contributed by atoms with Gasteiger partial charge in [-0.25, -0.2) is 4.99 Å². The van der Waals surface area contributed by atoms with Crippen LogP contribution in [0, 0.1) is 13.8 Å². The largest absolute Gasteiger partial charge is 0.496 e. The highest BCUT2D eigenvalue weighted by atomic mass is 16.5. The van der Waals surface area contributed by atoms with Gasteiger partial charge in [0.1, 0.15) is 5.75 Å². The molecule has 1 aromatic carbocycles. The average Bonchev–Trinajstić information content (AvgIpc) is 2.71. The molecule has 0 saturated heterocycles. The maximum atomic E-state index is 12.0. The number of nitrogens with zero attached hydrogens (tertiary/aromatic N) is 2. The number of carbonyl (C=O) groups is 1. The topological polar surface area (TPSA) is 87.6 Å². The molecule has 3 rings (SSSR count). The van der Waals surface area contributed by atoms with E-state index in [1.807, 2.05) is 45.2 Å². The smallest absolute Gasteiger partial charge is 0.225 e. The molecule has 1 aliphatic rings. The van der Waals surface area contributed by atoms with Gasteiger partial charge in [0.2, 0.25) is 5.91 Å². The lowest BCUT2D eigenvalue weighted by Gasteiger charge is -2.26. The molecule has 1 aromatic heterocycles. The monoisotopic (exact) mass is 395 g/mol. The maximum absolute atomic E-state index is 12.0. The van der Waals surface area contributed by atoms with E-state index in [0.29, 0.717) is 25.5 Å². The molecule has 1 amide bonds. The Morgan fingerprint density at radius 2 is 2.10 bits per heavy atom.